The molecule has 0 saturated heterocycles. The van der Waals surface area contributed by atoms with Crippen molar-refractivity contribution in [2.75, 3.05) is 5.32 Å². The zero-order valence-corrected chi connectivity index (χ0v) is 17.3. The van der Waals surface area contributed by atoms with Crippen LogP contribution in [0.2, 0.25) is 0 Å². The van der Waals surface area contributed by atoms with Crippen molar-refractivity contribution in [1.82, 2.24) is 29.5 Å². The SMILES string of the molecule is Cc1ccc(-c2ccnc3c2ccn3CC(=O)Nc2ccc(-c3cnccn3)cn2)cn1. The molecule has 0 unspecified atom stereocenters. The number of hydrogen-bond donors (Lipinski definition) is 1. The Morgan fingerprint density at radius 1 is 0.875 bits per heavy atom. The van der Waals surface area contributed by atoms with Crippen molar-refractivity contribution >= 4 is 22.8 Å². The fraction of sp³-hybridized carbons (Fsp3) is 0.0833. The second kappa shape index (κ2) is 8.35. The first-order valence-corrected chi connectivity index (χ1v) is 10.1. The summed E-state index contributed by atoms with van der Waals surface area (Å²) in [7, 11) is 0. The molecule has 156 valence electrons. The van der Waals surface area contributed by atoms with E-state index in [4.69, 9.17) is 0 Å². The van der Waals surface area contributed by atoms with Gasteiger partial charge in [-0.1, -0.05) is 6.07 Å². The van der Waals surface area contributed by atoms with Gasteiger partial charge in [0.15, 0.2) is 0 Å². The molecule has 0 bridgehead atoms. The highest BCUT2D eigenvalue weighted by Gasteiger charge is 2.12. The summed E-state index contributed by atoms with van der Waals surface area (Å²) < 4.78 is 1.82. The molecule has 1 N–H and O–H groups in total. The number of anilines is 1. The molecule has 8 nitrogen and oxygen atoms in total. The van der Waals surface area contributed by atoms with Gasteiger partial charge in [-0.25, -0.2) is 9.97 Å². The first-order chi connectivity index (χ1) is 15.7. The van der Waals surface area contributed by atoms with Crippen LogP contribution in [0.15, 0.2) is 79.8 Å². The van der Waals surface area contributed by atoms with Crippen LogP contribution in [0.5, 0.6) is 0 Å². The molecule has 0 spiro atoms. The van der Waals surface area contributed by atoms with E-state index in [9.17, 15) is 4.79 Å². The molecule has 32 heavy (non-hydrogen) atoms. The second-order valence-electron chi connectivity index (χ2n) is 7.30. The van der Waals surface area contributed by atoms with Crippen molar-refractivity contribution in [2.45, 2.75) is 13.5 Å². The Balaban J connectivity index is 1.33. The Hall–Kier alpha value is -4.46. The van der Waals surface area contributed by atoms with Crippen LogP contribution < -0.4 is 5.32 Å². The molecular weight excluding hydrogens is 402 g/mol. The number of pyridine rings is 3. The quantitative estimate of drug-likeness (QED) is 0.462. The van der Waals surface area contributed by atoms with Crippen LogP contribution in [-0.4, -0.2) is 35.4 Å². The number of hydrogen-bond acceptors (Lipinski definition) is 6. The van der Waals surface area contributed by atoms with Crippen LogP contribution >= 0.6 is 0 Å². The Morgan fingerprint density at radius 2 is 1.75 bits per heavy atom. The molecule has 5 aromatic rings. The molecule has 0 fully saturated rings. The van der Waals surface area contributed by atoms with Gasteiger partial charge < -0.3 is 9.88 Å². The maximum atomic E-state index is 12.6. The number of aryl methyl sites for hydroxylation is 1. The van der Waals surface area contributed by atoms with E-state index in [0.717, 1.165) is 39.1 Å². The normalized spacial score (nSPS) is 10.9. The van der Waals surface area contributed by atoms with Crippen molar-refractivity contribution in [3.8, 4) is 22.4 Å². The van der Waals surface area contributed by atoms with Gasteiger partial charge in [-0.3, -0.25) is 19.7 Å². The average Bonchev–Trinajstić information content (AvgIpc) is 3.23. The zero-order valence-electron chi connectivity index (χ0n) is 17.3. The molecule has 0 atom stereocenters. The molecule has 0 aromatic carbocycles. The zero-order chi connectivity index (χ0) is 21.9. The lowest BCUT2D eigenvalue weighted by Gasteiger charge is -2.08. The fourth-order valence-corrected chi connectivity index (χ4v) is 3.50. The lowest BCUT2D eigenvalue weighted by Crippen LogP contribution is -2.19. The highest BCUT2D eigenvalue weighted by molar-refractivity contribution is 5.95. The minimum absolute atomic E-state index is 0.125. The molecule has 0 aliphatic rings. The van der Waals surface area contributed by atoms with Crippen molar-refractivity contribution in [1.29, 1.82) is 0 Å². The van der Waals surface area contributed by atoms with Gasteiger partial charge in [0.1, 0.15) is 18.0 Å². The van der Waals surface area contributed by atoms with Crippen molar-refractivity contribution in [3.05, 3.63) is 85.5 Å². The number of fused-ring (bicyclic) bond motifs is 1. The number of nitrogens with one attached hydrogen (secondary N) is 1. The Labute approximate surface area is 184 Å². The highest BCUT2D eigenvalue weighted by atomic mass is 16.2. The monoisotopic (exact) mass is 421 g/mol. The topological polar surface area (TPSA) is 98.5 Å². The predicted molar refractivity (Wildman–Crippen MR) is 122 cm³/mol. The molecule has 5 aromatic heterocycles. The number of carbonyl (C=O) groups is 1. The van der Waals surface area contributed by atoms with Crippen LogP contribution in [0.3, 0.4) is 0 Å². The third-order valence-corrected chi connectivity index (χ3v) is 5.09. The van der Waals surface area contributed by atoms with E-state index in [1.807, 2.05) is 54.2 Å². The van der Waals surface area contributed by atoms with E-state index < -0.39 is 0 Å². The van der Waals surface area contributed by atoms with Crippen molar-refractivity contribution in [3.63, 3.8) is 0 Å². The Morgan fingerprint density at radius 3 is 2.50 bits per heavy atom. The minimum Gasteiger partial charge on any atom is -0.323 e. The van der Waals surface area contributed by atoms with E-state index in [0.29, 0.717) is 5.82 Å². The molecule has 8 heteroatoms. The summed E-state index contributed by atoms with van der Waals surface area (Å²) in [5.74, 6) is 0.282. The lowest BCUT2D eigenvalue weighted by molar-refractivity contribution is -0.116. The number of amides is 1. The van der Waals surface area contributed by atoms with Gasteiger partial charge in [0, 0.05) is 59.4 Å². The lowest BCUT2D eigenvalue weighted by atomic mass is 10.1. The number of aromatic nitrogens is 6. The summed E-state index contributed by atoms with van der Waals surface area (Å²) in [6.45, 7) is 2.08. The molecule has 0 saturated carbocycles. The van der Waals surface area contributed by atoms with Gasteiger partial charge in [0.05, 0.1) is 11.9 Å². The third-order valence-electron chi connectivity index (χ3n) is 5.09. The largest absolute Gasteiger partial charge is 0.323 e. The van der Waals surface area contributed by atoms with E-state index >= 15 is 0 Å². The van der Waals surface area contributed by atoms with Gasteiger partial charge in [-0.2, -0.15) is 0 Å². The van der Waals surface area contributed by atoms with Crippen LogP contribution in [0, 0.1) is 6.92 Å². The van der Waals surface area contributed by atoms with Gasteiger partial charge >= 0.3 is 0 Å². The maximum absolute atomic E-state index is 12.6. The molecule has 0 aliphatic carbocycles. The van der Waals surface area contributed by atoms with Gasteiger partial charge in [0.25, 0.3) is 0 Å². The minimum atomic E-state index is -0.188. The van der Waals surface area contributed by atoms with E-state index in [1.54, 1.807) is 37.1 Å². The average molecular weight is 421 g/mol. The summed E-state index contributed by atoms with van der Waals surface area (Å²) in [6, 6.07) is 11.5. The predicted octanol–water partition coefficient (Wildman–Crippen LogP) is 3.90. The van der Waals surface area contributed by atoms with Crippen LogP contribution in [0.25, 0.3) is 33.4 Å². The van der Waals surface area contributed by atoms with Gasteiger partial charge in [-0.15, -0.1) is 0 Å². The smallest absolute Gasteiger partial charge is 0.245 e. The van der Waals surface area contributed by atoms with E-state index in [1.165, 1.54) is 0 Å². The Bertz CT molecular complexity index is 1380. The molecule has 5 heterocycles. The summed E-state index contributed by atoms with van der Waals surface area (Å²) in [4.78, 5) is 34.1. The first kappa shape index (κ1) is 19.5. The van der Waals surface area contributed by atoms with Crippen LogP contribution in [-0.2, 0) is 11.3 Å². The summed E-state index contributed by atoms with van der Waals surface area (Å²) >= 11 is 0. The van der Waals surface area contributed by atoms with Crippen LogP contribution in [0.1, 0.15) is 5.69 Å². The maximum Gasteiger partial charge on any atom is 0.245 e. The highest BCUT2D eigenvalue weighted by Crippen LogP contribution is 2.27. The summed E-state index contributed by atoms with van der Waals surface area (Å²) in [5.41, 5.74) is 5.30. The van der Waals surface area contributed by atoms with E-state index in [2.05, 4.69) is 30.2 Å². The number of nitrogens with zero attached hydrogens (tertiary/aromatic N) is 6. The van der Waals surface area contributed by atoms with Crippen molar-refractivity contribution < 1.29 is 4.79 Å². The number of rotatable bonds is 5. The molecule has 1 amide bonds. The Kier molecular flexibility index (Phi) is 5.09. The molecule has 0 radical (unpaired) electrons. The summed E-state index contributed by atoms with van der Waals surface area (Å²) in [5, 5.41) is 3.80. The first-order valence-electron chi connectivity index (χ1n) is 10.1. The fourth-order valence-electron chi connectivity index (χ4n) is 3.50. The van der Waals surface area contributed by atoms with Crippen molar-refractivity contribution in [2.24, 2.45) is 0 Å². The van der Waals surface area contributed by atoms with Gasteiger partial charge in [-0.05, 0) is 42.8 Å². The summed E-state index contributed by atoms with van der Waals surface area (Å²) in [6.07, 6.45) is 12.0. The van der Waals surface area contributed by atoms with Crippen LogP contribution in [0.4, 0.5) is 5.82 Å². The second-order valence-corrected chi connectivity index (χ2v) is 7.30. The molecule has 5 rings (SSSR count). The third kappa shape index (κ3) is 3.93. The number of carbonyl (C=O) groups excluding carboxylic acids is 1. The standard InChI is InChI=1S/C24H19N7O/c1-16-2-3-17(12-28-16)19-6-8-27-24-20(19)7-11-31(24)15-23(32)30-22-5-4-18(13-29-22)21-14-25-9-10-26-21/h2-14H,15H2,1H3,(H,29,30,32). The molecule has 0 aliphatic heterocycles. The van der Waals surface area contributed by atoms with E-state index in [-0.39, 0.29) is 12.5 Å². The van der Waals surface area contributed by atoms with Gasteiger partial charge in [0.2, 0.25) is 5.91 Å². The molecular formula is C24H19N7O.